The molecule has 0 spiro atoms. The van der Waals surface area contributed by atoms with Gasteiger partial charge in [0.2, 0.25) is 0 Å². The number of rotatable bonds is 5. The second-order valence-corrected chi connectivity index (χ2v) is 14.4. The van der Waals surface area contributed by atoms with E-state index in [2.05, 4.69) is 9.80 Å². The van der Waals surface area contributed by atoms with Crippen molar-refractivity contribution in [2.75, 3.05) is 172 Å². The molecule has 322 valence electrons. The third-order valence-corrected chi connectivity index (χ3v) is 11.1. The predicted molar refractivity (Wildman–Crippen MR) is 212 cm³/mol. The van der Waals surface area contributed by atoms with Gasteiger partial charge in [-0.05, 0) is 12.1 Å². The van der Waals surface area contributed by atoms with Gasteiger partial charge in [0.05, 0.1) is 106 Å². The third kappa shape index (κ3) is 11.0. The number of hydrogen-bond donors (Lipinski definition) is 0. The first-order valence-electron chi connectivity index (χ1n) is 20.5. The zero-order valence-corrected chi connectivity index (χ0v) is 34.3. The van der Waals surface area contributed by atoms with Gasteiger partial charge in [-0.15, -0.1) is 0 Å². The summed E-state index contributed by atoms with van der Waals surface area (Å²) in [5.41, 5.74) is 0.639. The molecule has 6 rings (SSSR count). The molecule has 16 heteroatoms. The van der Waals surface area contributed by atoms with E-state index in [0.717, 1.165) is 11.1 Å². The molecule has 2 aromatic rings. The highest BCUT2D eigenvalue weighted by Gasteiger charge is 2.51. The van der Waals surface area contributed by atoms with Crippen LogP contribution in [0.25, 0.3) is 0 Å². The summed E-state index contributed by atoms with van der Waals surface area (Å²) in [5, 5.41) is 0. The van der Waals surface area contributed by atoms with Crippen LogP contribution < -0.4 is 0 Å². The summed E-state index contributed by atoms with van der Waals surface area (Å²) >= 11 is 0. The van der Waals surface area contributed by atoms with E-state index in [0.29, 0.717) is 156 Å². The van der Waals surface area contributed by atoms with E-state index in [1.165, 1.54) is 0 Å². The maximum absolute atomic E-state index is 14.0. The van der Waals surface area contributed by atoms with Crippen molar-refractivity contribution in [1.82, 2.24) is 19.6 Å². The van der Waals surface area contributed by atoms with E-state index in [1.807, 2.05) is 48.5 Å². The van der Waals surface area contributed by atoms with Crippen molar-refractivity contribution in [3.05, 3.63) is 70.8 Å². The quantitative estimate of drug-likeness (QED) is 0.433. The summed E-state index contributed by atoms with van der Waals surface area (Å²) in [4.78, 5) is 36.2. The van der Waals surface area contributed by atoms with Gasteiger partial charge in [-0.25, -0.2) is 0 Å². The monoisotopic (exact) mass is 814 g/mol. The van der Waals surface area contributed by atoms with Crippen LogP contribution in [0.3, 0.4) is 0 Å². The van der Waals surface area contributed by atoms with Crippen molar-refractivity contribution in [1.29, 1.82) is 0 Å². The number of carbonyl (C=O) groups excluding carboxylic acids is 2. The zero-order valence-electron chi connectivity index (χ0n) is 34.3. The van der Waals surface area contributed by atoms with Gasteiger partial charge in [0.1, 0.15) is 0 Å². The Bertz CT molecular complexity index is 1460. The minimum absolute atomic E-state index is 0.0943. The van der Waals surface area contributed by atoms with Crippen LogP contribution in [-0.2, 0) is 58.8 Å². The Balaban J connectivity index is 1.18. The fourth-order valence-electron chi connectivity index (χ4n) is 7.93. The molecule has 2 amide bonds. The lowest BCUT2D eigenvalue weighted by molar-refractivity contribution is -0.162. The normalized spacial score (nSPS) is 26.7. The third-order valence-electron chi connectivity index (χ3n) is 11.1. The first-order valence-corrected chi connectivity index (χ1v) is 20.5. The predicted octanol–water partition coefficient (Wildman–Crippen LogP) is 1.66. The summed E-state index contributed by atoms with van der Waals surface area (Å²) in [6.07, 6.45) is 0. The van der Waals surface area contributed by atoms with E-state index >= 15 is 0 Å². The number of hydrogen-bond acceptors (Lipinski definition) is 14. The van der Waals surface area contributed by atoms with Gasteiger partial charge in [0.25, 0.3) is 11.8 Å². The molecule has 2 unspecified atom stereocenters. The molecule has 4 heterocycles. The van der Waals surface area contributed by atoms with Gasteiger partial charge in [0, 0.05) is 88.8 Å². The van der Waals surface area contributed by atoms with Crippen molar-refractivity contribution >= 4 is 11.8 Å². The number of fused-ring (bicyclic) bond motifs is 6. The Morgan fingerprint density at radius 2 is 0.776 bits per heavy atom. The van der Waals surface area contributed by atoms with E-state index in [-0.39, 0.29) is 25.0 Å². The number of nitrogens with zero attached hydrogens (tertiary/aromatic N) is 4. The molecule has 0 aliphatic carbocycles. The molecule has 4 aliphatic rings. The topological polar surface area (TPSA) is 139 Å². The molecule has 0 N–H and O–H groups in total. The molecular weight excluding hydrogens is 752 g/mol. The average Bonchev–Trinajstić information content (AvgIpc) is 3.63. The largest absolute Gasteiger partial charge is 0.378 e. The molecule has 2 aromatic carbocycles. The molecule has 0 bridgehead atoms. The number of ether oxygens (including phenoxy) is 10. The van der Waals surface area contributed by atoms with Gasteiger partial charge in [-0.3, -0.25) is 19.4 Å². The minimum atomic E-state index is -1.08. The van der Waals surface area contributed by atoms with Crippen LogP contribution in [0.1, 0.15) is 31.8 Å². The van der Waals surface area contributed by atoms with Gasteiger partial charge < -0.3 is 57.2 Å². The average molecular weight is 815 g/mol. The van der Waals surface area contributed by atoms with Crippen LogP contribution in [0.15, 0.2) is 48.5 Å². The van der Waals surface area contributed by atoms with Gasteiger partial charge in [-0.1, -0.05) is 36.4 Å². The molecule has 2 atom stereocenters. The van der Waals surface area contributed by atoms with Crippen molar-refractivity contribution < 1.29 is 57.0 Å². The van der Waals surface area contributed by atoms with Crippen LogP contribution in [0.2, 0.25) is 0 Å². The smallest absolute Gasteiger partial charge is 0.256 e. The first-order chi connectivity index (χ1) is 28.5. The summed E-state index contributed by atoms with van der Waals surface area (Å²) in [7, 11) is 3.25. The van der Waals surface area contributed by atoms with Crippen LogP contribution in [0, 0.1) is 0 Å². The van der Waals surface area contributed by atoms with Gasteiger partial charge >= 0.3 is 0 Å². The van der Waals surface area contributed by atoms with E-state index in [4.69, 9.17) is 47.4 Å². The van der Waals surface area contributed by atoms with E-state index in [9.17, 15) is 9.59 Å². The highest BCUT2D eigenvalue weighted by molar-refractivity contribution is 6.00. The molecule has 16 nitrogen and oxygen atoms in total. The van der Waals surface area contributed by atoms with Crippen LogP contribution in [0.5, 0.6) is 0 Å². The highest BCUT2D eigenvalue weighted by atomic mass is 16.6. The molecule has 2 saturated heterocycles. The number of amides is 2. The molecule has 2 fully saturated rings. The fourth-order valence-corrected chi connectivity index (χ4v) is 7.93. The molecule has 58 heavy (non-hydrogen) atoms. The second kappa shape index (κ2) is 23.0. The number of carbonyl (C=O) groups is 2. The summed E-state index contributed by atoms with van der Waals surface area (Å²) in [6.45, 7) is 11.0. The summed E-state index contributed by atoms with van der Waals surface area (Å²) < 4.78 is 59.5. The maximum atomic E-state index is 14.0. The standard InChI is InChI=1S/C42H62N4O12/c1-49-41-33-57-31-29-55-27-25-53-23-21-51-19-17-43(13-15-45(41)39(47)35-7-3-5-9-37(35)41)11-12-44-14-16-46-40(48)36-8-4-6-10-38(36)42(46,50-2)34-58-32-30-56-28-26-54-24-22-52-20-18-44/h3-10H,11-34H2,1-2H3. The Morgan fingerprint density at radius 3 is 1.14 bits per heavy atom. The number of benzene rings is 2. The lowest BCUT2D eigenvalue weighted by Gasteiger charge is -2.39. The molecule has 0 radical (unpaired) electrons. The van der Waals surface area contributed by atoms with Crippen LogP contribution in [0.4, 0.5) is 0 Å². The molecule has 0 aromatic heterocycles. The maximum Gasteiger partial charge on any atom is 0.256 e. The van der Waals surface area contributed by atoms with Crippen molar-refractivity contribution in [3.8, 4) is 0 Å². The van der Waals surface area contributed by atoms with Gasteiger partial charge in [-0.2, -0.15) is 0 Å². The van der Waals surface area contributed by atoms with E-state index < -0.39 is 11.4 Å². The Labute approximate surface area is 342 Å². The van der Waals surface area contributed by atoms with Crippen molar-refractivity contribution in [2.24, 2.45) is 0 Å². The van der Waals surface area contributed by atoms with Crippen LogP contribution in [-0.4, -0.2) is 204 Å². The van der Waals surface area contributed by atoms with Gasteiger partial charge in [0.15, 0.2) is 11.4 Å². The zero-order chi connectivity index (χ0) is 40.5. The number of methoxy groups -OCH3 is 2. The Morgan fingerprint density at radius 1 is 0.448 bits per heavy atom. The lowest BCUT2D eigenvalue weighted by atomic mass is 10.0. The fraction of sp³-hybridized carbons (Fsp3) is 0.667. The molecular formula is C42H62N4O12. The lowest BCUT2D eigenvalue weighted by Crippen LogP contribution is -2.53. The van der Waals surface area contributed by atoms with Crippen LogP contribution >= 0.6 is 0 Å². The van der Waals surface area contributed by atoms with Crippen molar-refractivity contribution in [3.63, 3.8) is 0 Å². The van der Waals surface area contributed by atoms with E-state index in [1.54, 1.807) is 24.0 Å². The highest BCUT2D eigenvalue weighted by Crippen LogP contribution is 2.41. The molecule has 0 saturated carbocycles. The second-order valence-electron chi connectivity index (χ2n) is 14.4. The minimum Gasteiger partial charge on any atom is -0.378 e. The Kier molecular flexibility index (Phi) is 17.7. The first kappa shape index (κ1) is 44.5. The van der Waals surface area contributed by atoms with Crippen molar-refractivity contribution in [2.45, 2.75) is 11.4 Å². The molecule has 4 aliphatic heterocycles. The summed E-state index contributed by atoms with van der Waals surface area (Å²) in [5.74, 6) is -0.189. The summed E-state index contributed by atoms with van der Waals surface area (Å²) in [6, 6.07) is 15.2. The Hall–Kier alpha value is -3.10. The SMILES string of the molecule is COC12COCCOCCOCCOCCN(CCN3CCOCCOCCOCCOCC4(OC)c5ccccc5C(=O)N4CC3)CCN1C(=O)c1ccccc12.